The highest BCUT2D eigenvalue weighted by atomic mass is 32.1. The van der Waals surface area contributed by atoms with Crippen molar-refractivity contribution in [3.8, 4) is 23.0 Å². The van der Waals surface area contributed by atoms with Gasteiger partial charge in [-0.15, -0.1) is 0 Å². The molecule has 194 valence electrons. The molecular formula is C27H28N2O7S. The number of phenols is 1. The molecule has 0 bridgehead atoms. The number of allylic oxidation sites excluding steroid dienone is 1. The lowest BCUT2D eigenvalue weighted by Gasteiger charge is -2.26. The number of esters is 1. The molecular weight excluding hydrogens is 496 g/mol. The Labute approximate surface area is 217 Å². The van der Waals surface area contributed by atoms with Crippen LogP contribution in [0.25, 0.3) is 6.08 Å². The first kappa shape index (κ1) is 26.0. The first-order valence-corrected chi connectivity index (χ1v) is 12.5. The second-order valence-electron chi connectivity index (χ2n) is 8.07. The molecule has 10 heteroatoms. The van der Waals surface area contributed by atoms with Crippen LogP contribution in [0.2, 0.25) is 0 Å². The Bertz CT molecular complexity index is 1550. The van der Waals surface area contributed by atoms with E-state index in [9.17, 15) is 14.7 Å². The summed E-state index contributed by atoms with van der Waals surface area (Å²) in [5, 5.41) is 10.0. The minimum Gasteiger partial charge on any atom is -0.504 e. The maximum absolute atomic E-state index is 13.8. The summed E-state index contributed by atoms with van der Waals surface area (Å²) < 4.78 is 23.7. The van der Waals surface area contributed by atoms with E-state index in [1.807, 2.05) is 6.92 Å². The van der Waals surface area contributed by atoms with Crippen LogP contribution < -0.4 is 29.1 Å². The van der Waals surface area contributed by atoms with Crippen molar-refractivity contribution in [2.45, 2.75) is 26.8 Å². The summed E-state index contributed by atoms with van der Waals surface area (Å²) in [5.41, 5.74) is 1.59. The van der Waals surface area contributed by atoms with Crippen molar-refractivity contribution in [2.24, 2.45) is 4.99 Å². The maximum Gasteiger partial charge on any atom is 0.338 e. The van der Waals surface area contributed by atoms with Crippen molar-refractivity contribution in [1.82, 2.24) is 4.57 Å². The fourth-order valence-corrected chi connectivity index (χ4v) is 5.23. The van der Waals surface area contributed by atoms with Gasteiger partial charge in [0.25, 0.3) is 5.56 Å². The first-order valence-electron chi connectivity index (χ1n) is 11.7. The summed E-state index contributed by atoms with van der Waals surface area (Å²) in [6.07, 6.45) is 1.70. The lowest BCUT2D eigenvalue weighted by Crippen LogP contribution is -2.40. The van der Waals surface area contributed by atoms with Crippen LogP contribution in [-0.2, 0) is 9.53 Å². The highest BCUT2D eigenvalue weighted by Crippen LogP contribution is 2.37. The van der Waals surface area contributed by atoms with E-state index in [0.717, 1.165) is 0 Å². The van der Waals surface area contributed by atoms with Crippen LogP contribution in [0.15, 0.2) is 57.5 Å². The lowest BCUT2D eigenvalue weighted by molar-refractivity contribution is -0.139. The molecule has 1 atom stereocenters. The number of fused-ring (bicyclic) bond motifs is 1. The lowest BCUT2D eigenvalue weighted by atomic mass is 9.94. The van der Waals surface area contributed by atoms with Gasteiger partial charge >= 0.3 is 5.97 Å². The van der Waals surface area contributed by atoms with Gasteiger partial charge in [0.05, 0.1) is 43.2 Å². The van der Waals surface area contributed by atoms with Crippen LogP contribution >= 0.6 is 11.3 Å². The largest absolute Gasteiger partial charge is 0.504 e. The molecule has 37 heavy (non-hydrogen) atoms. The van der Waals surface area contributed by atoms with Gasteiger partial charge in [-0.3, -0.25) is 9.36 Å². The minimum absolute atomic E-state index is 0.0142. The number of methoxy groups -OCH3 is 2. The molecule has 0 fully saturated rings. The van der Waals surface area contributed by atoms with Crippen LogP contribution in [0.1, 0.15) is 37.9 Å². The highest BCUT2D eigenvalue weighted by Gasteiger charge is 2.35. The summed E-state index contributed by atoms with van der Waals surface area (Å²) in [4.78, 5) is 32.0. The standard InChI is InChI=1S/C27H28N2O7S/c1-6-35-21-12-16(8-10-19(21)30)13-22-25(31)29-24(18-14-17(33-4)9-11-20(18)34-5)23(26(32)36-7-2)15(3)28-27(29)37-22/h8-14,24,30H,6-7H2,1-5H3/b22-13-/t24-/m1/s1. The van der Waals surface area contributed by atoms with Gasteiger partial charge in [0.2, 0.25) is 0 Å². The Morgan fingerprint density at radius 3 is 2.57 bits per heavy atom. The number of thiazole rings is 1. The maximum atomic E-state index is 13.8. The monoisotopic (exact) mass is 524 g/mol. The van der Waals surface area contributed by atoms with E-state index in [4.69, 9.17) is 18.9 Å². The van der Waals surface area contributed by atoms with Gasteiger partial charge in [0.15, 0.2) is 16.3 Å². The number of hydrogen-bond donors (Lipinski definition) is 1. The number of benzene rings is 2. The summed E-state index contributed by atoms with van der Waals surface area (Å²) >= 11 is 1.20. The van der Waals surface area contributed by atoms with Gasteiger partial charge in [-0.1, -0.05) is 17.4 Å². The van der Waals surface area contributed by atoms with Crippen LogP contribution in [0.3, 0.4) is 0 Å². The molecule has 0 amide bonds. The second kappa shape index (κ2) is 10.9. The molecule has 4 rings (SSSR count). The zero-order valence-electron chi connectivity index (χ0n) is 21.2. The average Bonchev–Trinajstić information content (AvgIpc) is 3.19. The van der Waals surface area contributed by atoms with E-state index in [0.29, 0.717) is 50.0 Å². The van der Waals surface area contributed by atoms with E-state index >= 15 is 0 Å². The van der Waals surface area contributed by atoms with Crippen LogP contribution in [0.4, 0.5) is 0 Å². The Kier molecular flexibility index (Phi) is 7.68. The van der Waals surface area contributed by atoms with E-state index in [1.54, 1.807) is 57.4 Å². The first-order chi connectivity index (χ1) is 17.8. The Morgan fingerprint density at radius 1 is 1.11 bits per heavy atom. The molecule has 1 aliphatic rings. The van der Waals surface area contributed by atoms with Gasteiger partial charge < -0.3 is 24.1 Å². The van der Waals surface area contributed by atoms with Gasteiger partial charge in [0.1, 0.15) is 17.5 Å². The summed E-state index contributed by atoms with van der Waals surface area (Å²) in [7, 11) is 3.06. The van der Waals surface area contributed by atoms with E-state index in [-0.39, 0.29) is 23.5 Å². The molecule has 0 spiro atoms. The Hall–Kier alpha value is -4.05. The van der Waals surface area contributed by atoms with Crippen molar-refractivity contribution in [2.75, 3.05) is 27.4 Å². The average molecular weight is 525 g/mol. The van der Waals surface area contributed by atoms with Crippen molar-refractivity contribution >= 4 is 23.4 Å². The molecule has 0 saturated heterocycles. The third-order valence-electron chi connectivity index (χ3n) is 5.83. The van der Waals surface area contributed by atoms with Crippen LogP contribution in [0.5, 0.6) is 23.0 Å². The summed E-state index contributed by atoms with van der Waals surface area (Å²) in [5.74, 6) is 0.802. The number of phenolic OH excluding ortho intramolecular Hbond substituents is 1. The molecule has 0 aliphatic carbocycles. The van der Waals surface area contributed by atoms with Gasteiger partial charge in [-0.05, 0) is 62.7 Å². The smallest absolute Gasteiger partial charge is 0.338 e. The highest BCUT2D eigenvalue weighted by molar-refractivity contribution is 7.07. The quantitative estimate of drug-likeness (QED) is 0.452. The SMILES string of the molecule is CCOC(=O)C1=C(C)N=c2s/c(=C\c3ccc(O)c(OCC)c3)c(=O)n2[C@@H]1c1cc(OC)ccc1OC. The number of aromatic hydroxyl groups is 1. The number of hydrogen-bond acceptors (Lipinski definition) is 9. The fraction of sp³-hybridized carbons (Fsp3) is 0.296. The summed E-state index contributed by atoms with van der Waals surface area (Å²) in [6, 6.07) is 9.24. The Balaban J connectivity index is 1.98. The number of carbonyl (C=O) groups excluding carboxylic acids is 1. The summed E-state index contributed by atoms with van der Waals surface area (Å²) in [6.45, 7) is 5.82. The molecule has 9 nitrogen and oxygen atoms in total. The van der Waals surface area contributed by atoms with Crippen LogP contribution in [-0.4, -0.2) is 43.1 Å². The van der Waals surface area contributed by atoms with Gasteiger partial charge in [0, 0.05) is 5.56 Å². The molecule has 2 heterocycles. The predicted octanol–water partition coefficient (Wildman–Crippen LogP) is 2.92. The molecule has 2 aromatic carbocycles. The van der Waals surface area contributed by atoms with E-state index in [1.165, 1.54) is 29.1 Å². The van der Waals surface area contributed by atoms with E-state index < -0.39 is 12.0 Å². The topological polar surface area (TPSA) is 109 Å². The van der Waals surface area contributed by atoms with Crippen molar-refractivity contribution in [1.29, 1.82) is 0 Å². The third-order valence-corrected chi connectivity index (χ3v) is 6.81. The molecule has 1 N–H and O–H groups in total. The number of aromatic nitrogens is 1. The number of nitrogens with zero attached hydrogens (tertiary/aromatic N) is 2. The van der Waals surface area contributed by atoms with Gasteiger partial charge in [-0.2, -0.15) is 0 Å². The van der Waals surface area contributed by atoms with Crippen molar-refractivity contribution in [3.05, 3.63) is 78.5 Å². The zero-order valence-corrected chi connectivity index (χ0v) is 22.0. The number of rotatable bonds is 8. The minimum atomic E-state index is -0.846. The zero-order chi connectivity index (χ0) is 26.7. The van der Waals surface area contributed by atoms with Crippen molar-refractivity contribution in [3.63, 3.8) is 0 Å². The fourth-order valence-electron chi connectivity index (χ4n) is 4.18. The Morgan fingerprint density at radius 2 is 1.89 bits per heavy atom. The molecule has 0 saturated carbocycles. The third kappa shape index (κ3) is 4.97. The number of carbonyl (C=O) groups is 1. The molecule has 1 aromatic heterocycles. The normalized spacial score (nSPS) is 15.2. The van der Waals surface area contributed by atoms with Crippen molar-refractivity contribution < 1.29 is 28.8 Å². The molecule has 3 aromatic rings. The second-order valence-corrected chi connectivity index (χ2v) is 9.08. The molecule has 1 aliphatic heterocycles. The van der Waals surface area contributed by atoms with E-state index in [2.05, 4.69) is 4.99 Å². The molecule has 0 unspecified atom stereocenters. The molecule has 0 radical (unpaired) electrons. The predicted molar refractivity (Wildman–Crippen MR) is 139 cm³/mol. The van der Waals surface area contributed by atoms with Crippen LogP contribution in [0, 0.1) is 0 Å². The van der Waals surface area contributed by atoms with Gasteiger partial charge in [-0.25, -0.2) is 9.79 Å². The number of ether oxygens (including phenoxy) is 4.